The Bertz CT molecular complexity index is 739. The average Bonchev–Trinajstić information content (AvgIpc) is 2.63. The summed E-state index contributed by atoms with van der Waals surface area (Å²) in [5, 5.41) is 6.49. The first-order valence-corrected chi connectivity index (χ1v) is 8.43. The van der Waals surface area contributed by atoms with E-state index in [1.807, 2.05) is 24.3 Å². The van der Waals surface area contributed by atoms with Crippen LogP contribution in [0.2, 0.25) is 0 Å². The van der Waals surface area contributed by atoms with E-state index >= 15 is 0 Å². The van der Waals surface area contributed by atoms with Gasteiger partial charge in [0, 0.05) is 37.8 Å². The number of hydrogen-bond donors (Lipinski definition) is 2. The normalized spacial score (nSPS) is 15.0. The summed E-state index contributed by atoms with van der Waals surface area (Å²) in [6, 6.07) is 9.33. The summed E-state index contributed by atoms with van der Waals surface area (Å²) in [6.07, 6.45) is 1.47. The smallest absolute Gasteiger partial charge is 0.233 e. The zero-order chi connectivity index (χ0) is 17.5. The maximum absolute atomic E-state index is 12.1. The number of carbonyl (C=O) groups is 2. The number of anilines is 1. The summed E-state index contributed by atoms with van der Waals surface area (Å²) in [5.74, 6) is -0.624. The number of rotatable bonds is 6. The molecule has 0 unspecified atom stereocenters. The van der Waals surface area contributed by atoms with Crippen molar-refractivity contribution in [2.75, 3.05) is 44.7 Å². The van der Waals surface area contributed by atoms with Crippen LogP contribution in [0.4, 0.5) is 5.69 Å². The second kappa shape index (κ2) is 8.55. The van der Waals surface area contributed by atoms with Crippen molar-refractivity contribution in [3.8, 4) is 0 Å². The number of benzene rings is 1. The summed E-state index contributed by atoms with van der Waals surface area (Å²) in [5.41, 5.74) is 1.33. The van der Waals surface area contributed by atoms with Gasteiger partial charge >= 0.3 is 0 Å². The molecular formula is C18H22N4O3. The van der Waals surface area contributed by atoms with Crippen molar-refractivity contribution in [1.29, 1.82) is 0 Å². The first-order chi connectivity index (χ1) is 12.2. The van der Waals surface area contributed by atoms with Gasteiger partial charge in [-0.25, -0.2) is 0 Å². The number of aromatic nitrogens is 1. The van der Waals surface area contributed by atoms with Crippen LogP contribution in [0.15, 0.2) is 36.5 Å². The molecule has 1 fully saturated rings. The van der Waals surface area contributed by atoms with E-state index in [2.05, 4.69) is 20.5 Å². The zero-order valence-electron chi connectivity index (χ0n) is 14.0. The molecule has 1 aliphatic rings. The van der Waals surface area contributed by atoms with Gasteiger partial charge in [0.2, 0.25) is 11.8 Å². The minimum absolute atomic E-state index is 0.202. The van der Waals surface area contributed by atoms with Gasteiger partial charge in [0.25, 0.3) is 0 Å². The van der Waals surface area contributed by atoms with Gasteiger partial charge in [-0.15, -0.1) is 0 Å². The quantitative estimate of drug-likeness (QED) is 0.766. The number of nitrogens with one attached hydrogen (secondary N) is 2. The molecule has 0 saturated carbocycles. The first-order valence-electron chi connectivity index (χ1n) is 8.43. The van der Waals surface area contributed by atoms with Gasteiger partial charge in [0.15, 0.2) is 0 Å². The molecule has 0 bridgehead atoms. The van der Waals surface area contributed by atoms with Gasteiger partial charge in [-0.05, 0) is 12.1 Å². The highest BCUT2D eigenvalue weighted by molar-refractivity contribution is 6.06. The lowest BCUT2D eigenvalue weighted by atomic mass is 10.2. The second-order valence-electron chi connectivity index (χ2n) is 5.91. The van der Waals surface area contributed by atoms with Crippen molar-refractivity contribution in [1.82, 2.24) is 15.2 Å². The van der Waals surface area contributed by atoms with Crippen LogP contribution in [-0.2, 0) is 14.3 Å². The molecule has 1 saturated heterocycles. The van der Waals surface area contributed by atoms with Crippen molar-refractivity contribution in [3.05, 3.63) is 36.5 Å². The van der Waals surface area contributed by atoms with Crippen molar-refractivity contribution < 1.29 is 14.3 Å². The van der Waals surface area contributed by atoms with Gasteiger partial charge in [0.05, 0.1) is 24.4 Å². The molecule has 7 nitrogen and oxygen atoms in total. The largest absolute Gasteiger partial charge is 0.379 e. The van der Waals surface area contributed by atoms with Crippen LogP contribution in [-0.4, -0.2) is 61.1 Å². The summed E-state index contributed by atoms with van der Waals surface area (Å²) in [6.45, 7) is 4.52. The summed E-state index contributed by atoms with van der Waals surface area (Å²) in [7, 11) is 0. The lowest BCUT2D eigenvalue weighted by Crippen LogP contribution is -2.41. The zero-order valence-corrected chi connectivity index (χ0v) is 14.0. The number of hydrogen-bond acceptors (Lipinski definition) is 5. The predicted octanol–water partition coefficient (Wildman–Crippen LogP) is 1.01. The monoisotopic (exact) mass is 342 g/mol. The van der Waals surface area contributed by atoms with E-state index in [4.69, 9.17) is 4.74 Å². The van der Waals surface area contributed by atoms with E-state index in [-0.39, 0.29) is 18.2 Å². The van der Waals surface area contributed by atoms with E-state index in [0.29, 0.717) is 17.7 Å². The van der Waals surface area contributed by atoms with Crippen molar-refractivity contribution in [2.45, 2.75) is 6.42 Å². The molecule has 2 N–H and O–H groups in total. The van der Waals surface area contributed by atoms with E-state index < -0.39 is 0 Å². The van der Waals surface area contributed by atoms with Gasteiger partial charge in [0.1, 0.15) is 6.42 Å². The van der Waals surface area contributed by atoms with Crippen LogP contribution < -0.4 is 10.6 Å². The van der Waals surface area contributed by atoms with Crippen LogP contribution in [0.3, 0.4) is 0 Å². The fourth-order valence-corrected chi connectivity index (χ4v) is 2.79. The Morgan fingerprint density at radius 1 is 1.12 bits per heavy atom. The van der Waals surface area contributed by atoms with Crippen LogP contribution in [0.1, 0.15) is 6.42 Å². The number of nitrogens with zero attached hydrogens (tertiary/aromatic N) is 2. The lowest BCUT2D eigenvalue weighted by molar-refractivity contribution is -0.126. The Morgan fingerprint density at radius 2 is 1.92 bits per heavy atom. The molecule has 0 atom stereocenters. The molecule has 7 heteroatoms. The van der Waals surface area contributed by atoms with E-state index in [0.717, 1.165) is 38.2 Å². The van der Waals surface area contributed by atoms with Crippen molar-refractivity contribution >= 4 is 28.4 Å². The van der Waals surface area contributed by atoms with Crippen LogP contribution in [0.5, 0.6) is 0 Å². The predicted molar refractivity (Wildman–Crippen MR) is 95.3 cm³/mol. The standard InChI is InChI=1S/C18H22N4O3/c23-16(19-7-8-22-9-11-25-12-10-22)13-17(24)21-15-5-1-3-14-4-2-6-20-18(14)15/h1-6H,7-13H2,(H,19,23)(H,21,24). The highest BCUT2D eigenvalue weighted by Gasteiger charge is 2.13. The summed E-state index contributed by atoms with van der Waals surface area (Å²) in [4.78, 5) is 30.5. The Kier molecular flexibility index (Phi) is 5.92. The molecule has 2 aromatic rings. The topological polar surface area (TPSA) is 83.6 Å². The van der Waals surface area contributed by atoms with E-state index in [1.54, 1.807) is 12.3 Å². The number of amides is 2. The van der Waals surface area contributed by atoms with Gasteiger partial charge in [-0.2, -0.15) is 0 Å². The maximum atomic E-state index is 12.1. The molecule has 1 aromatic heterocycles. The number of pyridine rings is 1. The molecule has 0 aliphatic carbocycles. The van der Waals surface area contributed by atoms with Gasteiger partial charge in [-0.3, -0.25) is 19.5 Å². The molecule has 3 rings (SSSR count). The fraction of sp³-hybridized carbons (Fsp3) is 0.389. The second-order valence-corrected chi connectivity index (χ2v) is 5.91. The minimum atomic E-state index is -0.345. The van der Waals surface area contributed by atoms with Crippen LogP contribution in [0, 0.1) is 0 Å². The van der Waals surface area contributed by atoms with Gasteiger partial charge < -0.3 is 15.4 Å². The number of ether oxygens (including phenoxy) is 1. The highest BCUT2D eigenvalue weighted by Crippen LogP contribution is 2.20. The SMILES string of the molecule is O=C(CC(=O)Nc1cccc2cccnc12)NCCN1CCOCC1. The molecule has 0 spiro atoms. The third-order valence-corrected chi connectivity index (χ3v) is 4.08. The number of para-hydroxylation sites is 1. The number of fused-ring (bicyclic) bond motifs is 1. The molecule has 1 aliphatic heterocycles. The Balaban J connectivity index is 1.46. The lowest BCUT2D eigenvalue weighted by Gasteiger charge is -2.26. The summed E-state index contributed by atoms with van der Waals surface area (Å²) < 4.78 is 5.28. The first kappa shape index (κ1) is 17.3. The Hall–Kier alpha value is -2.51. The maximum Gasteiger partial charge on any atom is 0.233 e. The Morgan fingerprint density at radius 3 is 2.76 bits per heavy atom. The number of carbonyl (C=O) groups excluding carboxylic acids is 2. The Labute approximate surface area is 146 Å². The summed E-state index contributed by atoms with van der Waals surface area (Å²) >= 11 is 0. The number of morpholine rings is 1. The molecule has 2 amide bonds. The molecule has 0 radical (unpaired) electrons. The molecule has 132 valence electrons. The third kappa shape index (κ3) is 4.98. The van der Waals surface area contributed by atoms with E-state index in [9.17, 15) is 9.59 Å². The van der Waals surface area contributed by atoms with Crippen LogP contribution in [0.25, 0.3) is 10.9 Å². The van der Waals surface area contributed by atoms with Gasteiger partial charge in [-0.1, -0.05) is 18.2 Å². The fourth-order valence-electron chi connectivity index (χ4n) is 2.79. The van der Waals surface area contributed by atoms with Crippen molar-refractivity contribution in [2.24, 2.45) is 0 Å². The van der Waals surface area contributed by atoms with E-state index in [1.165, 1.54) is 0 Å². The van der Waals surface area contributed by atoms with Crippen molar-refractivity contribution in [3.63, 3.8) is 0 Å². The molecule has 25 heavy (non-hydrogen) atoms. The average molecular weight is 342 g/mol. The van der Waals surface area contributed by atoms with Crippen LogP contribution >= 0.6 is 0 Å². The molecule has 1 aromatic carbocycles. The minimum Gasteiger partial charge on any atom is -0.379 e. The third-order valence-electron chi connectivity index (χ3n) is 4.08. The molecule has 2 heterocycles. The highest BCUT2D eigenvalue weighted by atomic mass is 16.5. The molecular weight excluding hydrogens is 320 g/mol.